The number of halogens is 2. The molecular weight excluding hydrogens is 384 g/mol. The average Bonchev–Trinajstić information content (AvgIpc) is 2.41. The fourth-order valence-corrected chi connectivity index (χ4v) is 1.76. The van der Waals surface area contributed by atoms with Gasteiger partial charge in [-0.15, -0.1) is 24.0 Å². The average molecular weight is 409 g/mol. The molecule has 0 amide bonds. The topological polar surface area (TPSA) is 45.7 Å². The summed E-state index contributed by atoms with van der Waals surface area (Å²) in [6.45, 7) is 7.41. The zero-order chi connectivity index (χ0) is 15.0. The number of nitrogens with one attached hydrogen (secondary N) is 2. The molecule has 0 saturated carbocycles. The summed E-state index contributed by atoms with van der Waals surface area (Å²) >= 11 is 0. The van der Waals surface area contributed by atoms with Gasteiger partial charge in [0.15, 0.2) is 5.96 Å². The van der Waals surface area contributed by atoms with Crippen molar-refractivity contribution in [2.75, 3.05) is 20.2 Å². The first-order valence-corrected chi connectivity index (χ1v) is 6.90. The largest absolute Gasteiger partial charge is 0.375 e. The Hall–Kier alpha value is -0.890. The number of rotatable bonds is 6. The fraction of sp³-hybridized carbons (Fsp3) is 0.533. The van der Waals surface area contributed by atoms with E-state index >= 15 is 0 Å². The van der Waals surface area contributed by atoms with Crippen LogP contribution in [-0.4, -0.2) is 32.2 Å². The molecule has 1 atom stereocenters. The molecule has 0 heterocycles. The van der Waals surface area contributed by atoms with Crippen LogP contribution in [0.1, 0.15) is 32.4 Å². The summed E-state index contributed by atoms with van der Waals surface area (Å²) in [6, 6.07) is 6.62. The molecule has 1 rings (SSSR count). The van der Waals surface area contributed by atoms with E-state index in [0.717, 1.165) is 18.1 Å². The Morgan fingerprint density at radius 1 is 1.29 bits per heavy atom. The summed E-state index contributed by atoms with van der Waals surface area (Å²) in [5.74, 6) is 0.508. The highest BCUT2D eigenvalue weighted by molar-refractivity contribution is 14.0. The summed E-state index contributed by atoms with van der Waals surface area (Å²) < 4.78 is 18.3. The lowest BCUT2D eigenvalue weighted by Gasteiger charge is -2.17. The van der Waals surface area contributed by atoms with E-state index < -0.39 is 0 Å². The van der Waals surface area contributed by atoms with Crippen LogP contribution in [0.2, 0.25) is 0 Å². The van der Waals surface area contributed by atoms with Crippen LogP contribution in [-0.2, 0) is 4.74 Å². The van der Waals surface area contributed by atoms with Crippen LogP contribution in [0.15, 0.2) is 29.3 Å². The number of guanidine groups is 1. The smallest absolute Gasteiger partial charge is 0.191 e. The van der Waals surface area contributed by atoms with Gasteiger partial charge in [-0.3, -0.25) is 4.99 Å². The highest BCUT2D eigenvalue weighted by atomic mass is 127. The van der Waals surface area contributed by atoms with Crippen LogP contribution in [0, 0.1) is 5.82 Å². The molecule has 21 heavy (non-hydrogen) atoms. The highest BCUT2D eigenvalue weighted by Gasteiger charge is 2.10. The van der Waals surface area contributed by atoms with E-state index in [1.165, 1.54) is 12.1 Å². The number of aliphatic imine (C=N–C) groups is 1. The maximum Gasteiger partial charge on any atom is 0.191 e. The van der Waals surface area contributed by atoms with Crippen molar-refractivity contribution >= 4 is 29.9 Å². The lowest BCUT2D eigenvalue weighted by Crippen LogP contribution is -2.41. The molecule has 120 valence electrons. The van der Waals surface area contributed by atoms with Crippen molar-refractivity contribution < 1.29 is 9.13 Å². The van der Waals surface area contributed by atoms with Gasteiger partial charge in [0, 0.05) is 19.7 Å². The first-order valence-electron chi connectivity index (χ1n) is 6.90. The van der Waals surface area contributed by atoms with Crippen molar-refractivity contribution in [1.29, 1.82) is 0 Å². The van der Waals surface area contributed by atoms with Crippen LogP contribution < -0.4 is 10.6 Å². The first kappa shape index (κ1) is 20.1. The standard InChI is InChI=1S/C15H24FN3O.HI/c1-5-17-15(19-11(2)3)18-10-14(20-4)12-6-8-13(16)9-7-12;/h6-9,11,14H,5,10H2,1-4H3,(H2,17,18,19);1H. The summed E-state index contributed by atoms with van der Waals surface area (Å²) in [5, 5.41) is 6.42. The number of nitrogens with zero attached hydrogens (tertiary/aromatic N) is 1. The molecule has 0 radical (unpaired) electrons. The van der Waals surface area contributed by atoms with Gasteiger partial charge in [-0.2, -0.15) is 0 Å². The lowest BCUT2D eigenvalue weighted by atomic mass is 10.1. The van der Waals surface area contributed by atoms with Gasteiger partial charge in [0.1, 0.15) is 11.9 Å². The molecule has 1 aromatic rings. The number of methoxy groups -OCH3 is 1. The van der Waals surface area contributed by atoms with Gasteiger partial charge in [-0.1, -0.05) is 12.1 Å². The molecule has 0 saturated heterocycles. The van der Waals surface area contributed by atoms with Crippen LogP contribution in [0.3, 0.4) is 0 Å². The van der Waals surface area contributed by atoms with Crippen LogP contribution in [0.25, 0.3) is 0 Å². The number of ether oxygens (including phenoxy) is 1. The second-order valence-electron chi connectivity index (χ2n) is 4.79. The van der Waals surface area contributed by atoms with Crippen molar-refractivity contribution in [2.45, 2.75) is 32.9 Å². The Labute approximate surface area is 143 Å². The molecule has 2 N–H and O–H groups in total. The molecular formula is C15H25FIN3O. The first-order chi connectivity index (χ1) is 9.56. The van der Waals surface area contributed by atoms with Gasteiger partial charge in [0.2, 0.25) is 0 Å². The molecule has 0 aliphatic heterocycles. The Morgan fingerprint density at radius 3 is 2.38 bits per heavy atom. The molecule has 1 unspecified atom stereocenters. The minimum absolute atomic E-state index is 0. The SMILES string of the molecule is CCNC(=NCC(OC)c1ccc(F)cc1)NC(C)C.I. The molecule has 1 aromatic carbocycles. The number of hydrogen-bond donors (Lipinski definition) is 2. The lowest BCUT2D eigenvalue weighted by molar-refractivity contribution is 0.111. The van der Waals surface area contributed by atoms with Crippen molar-refractivity contribution in [3.63, 3.8) is 0 Å². The van der Waals surface area contributed by atoms with E-state index in [9.17, 15) is 4.39 Å². The number of benzene rings is 1. The van der Waals surface area contributed by atoms with Crippen LogP contribution >= 0.6 is 24.0 Å². The molecule has 0 aromatic heterocycles. The Kier molecular flexibility index (Phi) is 10.3. The molecule has 0 spiro atoms. The third-order valence-corrected chi connectivity index (χ3v) is 2.71. The monoisotopic (exact) mass is 409 g/mol. The van der Waals surface area contributed by atoms with E-state index in [4.69, 9.17) is 4.74 Å². The summed E-state index contributed by atoms with van der Waals surface area (Å²) in [7, 11) is 1.63. The van der Waals surface area contributed by atoms with Crippen molar-refractivity contribution in [2.24, 2.45) is 4.99 Å². The highest BCUT2D eigenvalue weighted by Crippen LogP contribution is 2.17. The molecule has 0 fully saturated rings. The molecule has 0 bridgehead atoms. The second-order valence-corrected chi connectivity index (χ2v) is 4.79. The van der Waals surface area contributed by atoms with E-state index in [2.05, 4.69) is 29.5 Å². The summed E-state index contributed by atoms with van der Waals surface area (Å²) in [6.07, 6.45) is -0.182. The fourth-order valence-electron chi connectivity index (χ4n) is 1.76. The molecule has 0 aliphatic rings. The minimum atomic E-state index is -0.248. The zero-order valence-electron chi connectivity index (χ0n) is 13.0. The Balaban J connectivity index is 0.00000400. The van der Waals surface area contributed by atoms with Crippen molar-refractivity contribution in [3.8, 4) is 0 Å². The van der Waals surface area contributed by atoms with Gasteiger partial charge in [0.05, 0.1) is 6.54 Å². The van der Waals surface area contributed by atoms with E-state index in [-0.39, 0.29) is 35.9 Å². The Bertz CT molecular complexity index is 423. The molecule has 6 heteroatoms. The van der Waals surface area contributed by atoms with Gasteiger partial charge in [-0.25, -0.2) is 4.39 Å². The van der Waals surface area contributed by atoms with Crippen molar-refractivity contribution in [3.05, 3.63) is 35.6 Å². The maximum atomic E-state index is 12.9. The zero-order valence-corrected chi connectivity index (χ0v) is 15.4. The number of hydrogen-bond acceptors (Lipinski definition) is 2. The summed E-state index contributed by atoms with van der Waals surface area (Å²) in [4.78, 5) is 4.50. The quantitative estimate of drug-likeness (QED) is 0.431. The predicted molar refractivity (Wildman–Crippen MR) is 95.8 cm³/mol. The predicted octanol–water partition coefficient (Wildman–Crippen LogP) is 3.09. The van der Waals surface area contributed by atoms with Crippen LogP contribution in [0.4, 0.5) is 4.39 Å². The maximum absolute atomic E-state index is 12.9. The third-order valence-electron chi connectivity index (χ3n) is 2.71. The van der Waals surface area contributed by atoms with Crippen LogP contribution in [0.5, 0.6) is 0 Å². The van der Waals surface area contributed by atoms with Crippen molar-refractivity contribution in [1.82, 2.24) is 10.6 Å². The van der Waals surface area contributed by atoms with Gasteiger partial charge in [0.25, 0.3) is 0 Å². The summed E-state index contributed by atoms with van der Waals surface area (Å²) in [5.41, 5.74) is 0.915. The minimum Gasteiger partial charge on any atom is -0.375 e. The molecule has 0 aliphatic carbocycles. The van der Waals surface area contributed by atoms with Gasteiger partial charge in [-0.05, 0) is 38.5 Å². The van der Waals surface area contributed by atoms with E-state index in [0.29, 0.717) is 12.6 Å². The van der Waals surface area contributed by atoms with E-state index in [1.54, 1.807) is 19.2 Å². The van der Waals surface area contributed by atoms with Gasteiger partial charge < -0.3 is 15.4 Å². The third kappa shape index (κ3) is 7.61. The normalized spacial score (nSPS) is 12.8. The van der Waals surface area contributed by atoms with E-state index in [1.807, 2.05) is 6.92 Å². The Morgan fingerprint density at radius 2 is 1.90 bits per heavy atom. The molecule has 4 nitrogen and oxygen atoms in total. The van der Waals surface area contributed by atoms with Gasteiger partial charge >= 0.3 is 0 Å². The second kappa shape index (κ2) is 10.8.